The van der Waals surface area contributed by atoms with Crippen LogP contribution in [0.1, 0.15) is 51.3 Å². The summed E-state index contributed by atoms with van der Waals surface area (Å²) in [6, 6.07) is 4.01. The van der Waals surface area contributed by atoms with E-state index in [0.717, 1.165) is 23.5 Å². The van der Waals surface area contributed by atoms with Crippen molar-refractivity contribution in [1.82, 2.24) is 0 Å². The normalized spacial score (nSPS) is 22.6. The van der Waals surface area contributed by atoms with Crippen LogP contribution in [-0.2, 0) is 5.41 Å². The number of methoxy groups -OCH3 is 1. The molecule has 3 heteroatoms. The van der Waals surface area contributed by atoms with Crippen LogP contribution in [0.3, 0.4) is 0 Å². The van der Waals surface area contributed by atoms with E-state index in [1.54, 1.807) is 7.11 Å². The molecule has 0 aromatic heterocycles. The molecule has 100 valence electrons. The molecule has 2 unspecified atom stereocenters. The number of hydrogen-bond acceptors (Lipinski definition) is 3. The average Bonchev–Trinajstić information content (AvgIpc) is 2.64. The molecule has 1 heterocycles. The Morgan fingerprint density at radius 3 is 2.50 bits per heavy atom. The Labute approximate surface area is 109 Å². The number of rotatable bonds is 2. The second-order valence-electron chi connectivity index (χ2n) is 5.93. The fourth-order valence-electron chi connectivity index (χ4n) is 2.44. The molecule has 1 aromatic rings. The van der Waals surface area contributed by atoms with Crippen LogP contribution in [0.5, 0.6) is 11.5 Å². The summed E-state index contributed by atoms with van der Waals surface area (Å²) in [5.74, 6) is 1.82. The summed E-state index contributed by atoms with van der Waals surface area (Å²) in [5.41, 5.74) is 8.52. The van der Waals surface area contributed by atoms with Gasteiger partial charge in [0.25, 0.3) is 0 Å². The molecular weight excluding hydrogens is 226 g/mol. The number of ether oxygens (including phenoxy) is 2. The van der Waals surface area contributed by atoms with E-state index in [4.69, 9.17) is 15.2 Å². The van der Waals surface area contributed by atoms with E-state index < -0.39 is 0 Å². The Kier molecular flexibility index (Phi) is 3.28. The van der Waals surface area contributed by atoms with Crippen molar-refractivity contribution in [3.63, 3.8) is 0 Å². The molecule has 2 atom stereocenters. The first-order chi connectivity index (χ1) is 8.38. The molecule has 1 aromatic carbocycles. The van der Waals surface area contributed by atoms with Crippen molar-refractivity contribution >= 4 is 0 Å². The molecule has 0 spiro atoms. The van der Waals surface area contributed by atoms with Crippen molar-refractivity contribution in [3.05, 3.63) is 23.3 Å². The Bertz CT molecular complexity index is 449. The summed E-state index contributed by atoms with van der Waals surface area (Å²) in [5, 5.41) is 0. The first-order valence-electron chi connectivity index (χ1n) is 6.53. The number of fused-ring (bicyclic) bond motifs is 1. The molecular formula is C15H23NO2. The van der Waals surface area contributed by atoms with E-state index in [2.05, 4.69) is 33.8 Å². The van der Waals surface area contributed by atoms with Gasteiger partial charge in [0.2, 0.25) is 0 Å². The standard InChI is InChI=1S/C15H23NO2/c1-6-12-13(16)10-7-9(17-5)8-11(14(10)18-12)15(2,3)4/h7-8,12-13H,6,16H2,1-5H3. The molecule has 2 N–H and O–H groups in total. The van der Waals surface area contributed by atoms with Gasteiger partial charge in [0.1, 0.15) is 17.6 Å². The van der Waals surface area contributed by atoms with Crippen molar-refractivity contribution < 1.29 is 9.47 Å². The highest BCUT2D eigenvalue weighted by atomic mass is 16.5. The molecule has 0 fully saturated rings. The minimum absolute atomic E-state index is 0.0149. The fraction of sp³-hybridized carbons (Fsp3) is 0.600. The van der Waals surface area contributed by atoms with Crippen LogP contribution < -0.4 is 15.2 Å². The van der Waals surface area contributed by atoms with Gasteiger partial charge in [-0.15, -0.1) is 0 Å². The minimum Gasteiger partial charge on any atom is -0.497 e. The molecule has 1 aliphatic heterocycles. The third-order valence-corrected chi connectivity index (χ3v) is 3.57. The first-order valence-corrected chi connectivity index (χ1v) is 6.53. The monoisotopic (exact) mass is 249 g/mol. The van der Waals surface area contributed by atoms with Crippen molar-refractivity contribution in [2.45, 2.75) is 51.7 Å². The van der Waals surface area contributed by atoms with Gasteiger partial charge in [0.15, 0.2) is 0 Å². The highest BCUT2D eigenvalue weighted by Gasteiger charge is 2.35. The fourth-order valence-corrected chi connectivity index (χ4v) is 2.44. The van der Waals surface area contributed by atoms with Crippen LogP contribution in [0, 0.1) is 0 Å². The second kappa shape index (κ2) is 4.47. The third kappa shape index (κ3) is 2.07. The largest absolute Gasteiger partial charge is 0.497 e. The van der Waals surface area contributed by atoms with E-state index in [-0.39, 0.29) is 17.6 Å². The Morgan fingerprint density at radius 1 is 1.33 bits per heavy atom. The summed E-state index contributed by atoms with van der Waals surface area (Å²) in [6.45, 7) is 8.63. The zero-order valence-electron chi connectivity index (χ0n) is 11.9. The Balaban J connectivity index is 2.57. The van der Waals surface area contributed by atoms with Crippen LogP contribution in [0.25, 0.3) is 0 Å². The molecule has 18 heavy (non-hydrogen) atoms. The highest BCUT2D eigenvalue weighted by molar-refractivity contribution is 5.54. The Hall–Kier alpha value is -1.22. The van der Waals surface area contributed by atoms with Gasteiger partial charge in [0.05, 0.1) is 13.2 Å². The predicted octanol–water partition coefficient (Wildman–Crippen LogP) is 3.16. The zero-order valence-corrected chi connectivity index (χ0v) is 11.9. The van der Waals surface area contributed by atoms with E-state index in [9.17, 15) is 0 Å². The van der Waals surface area contributed by atoms with Crippen LogP contribution in [0.4, 0.5) is 0 Å². The van der Waals surface area contributed by atoms with Crippen molar-refractivity contribution in [2.24, 2.45) is 5.73 Å². The maximum atomic E-state index is 6.26. The van der Waals surface area contributed by atoms with Crippen molar-refractivity contribution in [2.75, 3.05) is 7.11 Å². The summed E-state index contributed by atoms with van der Waals surface area (Å²) in [6.07, 6.45) is 0.995. The predicted molar refractivity (Wildman–Crippen MR) is 73.3 cm³/mol. The van der Waals surface area contributed by atoms with Gasteiger partial charge in [-0.05, 0) is 24.0 Å². The molecule has 0 radical (unpaired) electrons. The first kappa shape index (κ1) is 13.2. The lowest BCUT2D eigenvalue weighted by atomic mass is 9.84. The van der Waals surface area contributed by atoms with Gasteiger partial charge in [0, 0.05) is 11.1 Å². The van der Waals surface area contributed by atoms with E-state index >= 15 is 0 Å². The van der Waals surface area contributed by atoms with Crippen LogP contribution >= 0.6 is 0 Å². The number of benzene rings is 1. The van der Waals surface area contributed by atoms with Gasteiger partial charge < -0.3 is 15.2 Å². The van der Waals surface area contributed by atoms with Gasteiger partial charge in [-0.2, -0.15) is 0 Å². The van der Waals surface area contributed by atoms with E-state index in [1.165, 1.54) is 5.56 Å². The number of hydrogen-bond donors (Lipinski definition) is 1. The quantitative estimate of drug-likeness (QED) is 0.875. The van der Waals surface area contributed by atoms with Crippen LogP contribution in [0.2, 0.25) is 0 Å². The molecule has 0 saturated heterocycles. The SMILES string of the molecule is CCC1Oc2c(cc(OC)cc2C(C)(C)C)C1N. The summed E-state index contributed by atoms with van der Waals surface area (Å²) in [4.78, 5) is 0. The molecule has 0 amide bonds. The topological polar surface area (TPSA) is 44.5 Å². The smallest absolute Gasteiger partial charge is 0.128 e. The second-order valence-corrected chi connectivity index (χ2v) is 5.93. The van der Waals surface area contributed by atoms with E-state index in [0.29, 0.717) is 0 Å². The molecule has 3 nitrogen and oxygen atoms in total. The van der Waals surface area contributed by atoms with Gasteiger partial charge >= 0.3 is 0 Å². The molecule has 2 rings (SSSR count). The van der Waals surface area contributed by atoms with Crippen molar-refractivity contribution in [1.29, 1.82) is 0 Å². The maximum Gasteiger partial charge on any atom is 0.128 e. The van der Waals surface area contributed by atoms with Gasteiger partial charge in [-0.3, -0.25) is 0 Å². The minimum atomic E-state index is -0.0544. The highest BCUT2D eigenvalue weighted by Crippen LogP contribution is 2.45. The van der Waals surface area contributed by atoms with Crippen LogP contribution in [-0.4, -0.2) is 13.2 Å². The molecule has 0 bridgehead atoms. The van der Waals surface area contributed by atoms with Crippen LogP contribution in [0.15, 0.2) is 12.1 Å². The Morgan fingerprint density at radius 2 is 2.00 bits per heavy atom. The summed E-state index contributed by atoms with van der Waals surface area (Å²) < 4.78 is 11.4. The lowest BCUT2D eigenvalue weighted by molar-refractivity contribution is 0.199. The lowest BCUT2D eigenvalue weighted by Crippen LogP contribution is -2.24. The molecule has 0 saturated carbocycles. The average molecular weight is 249 g/mol. The maximum absolute atomic E-state index is 6.26. The van der Waals surface area contributed by atoms with Crippen molar-refractivity contribution in [3.8, 4) is 11.5 Å². The molecule has 0 aliphatic carbocycles. The lowest BCUT2D eigenvalue weighted by Gasteiger charge is -2.23. The zero-order chi connectivity index (χ0) is 13.5. The van der Waals surface area contributed by atoms with E-state index in [1.807, 2.05) is 6.07 Å². The number of nitrogens with two attached hydrogens (primary N) is 1. The van der Waals surface area contributed by atoms with Gasteiger partial charge in [-0.1, -0.05) is 27.7 Å². The third-order valence-electron chi connectivity index (χ3n) is 3.57. The van der Waals surface area contributed by atoms with Gasteiger partial charge in [-0.25, -0.2) is 0 Å². The summed E-state index contributed by atoms with van der Waals surface area (Å²) in [7, 11) is 1.69. The summed E-state index contributed by atoms with van der Waals surface area (Å²) >= 11 is 0. The molecule has 1 aliphatic rings.